The second-order valence-corrected chi connectivity index (χ2v) is 13.0. The Morgan fingerprint density at radius 3 is 2.54 bits per heavy atom. The van der Waals surface area contributed by atoms with Crippen LogP contribution in [-0.4, -0.2) is 78.1 Å². The Kier molecular flexibility index (Phi) is 8.11. The Hall–Kier alpha value is -3.80. The molecule has 2 atom stereocenters. The van der Waals surface area contributed by atoms with Crippen LogP contribution >= 0.6 is 23.4 Å². The van der Waals surface area contributed by atoms with Crippen molar-refractivity contribution in [2.45, 2.75) is 61.1 Å². The fourth-order valence-electron chi connectivity index (χ4n) is 6.11. The van der Waals surface area contributed by atoms with Crippen molar-refractivity contribution in [1.29, 1.82) is 0 Å². The number of pyridine rings is 1. The molecule has 7 rings (SSSR count). The number of nitrogens with zero attached hydrogens (tertiary/aromatic N) is 10. The molecule has 18 heteroatoms. The van der Waals surface area contributed by atoms with E-state index in [9.17, 15) is 13.2 Å². The molecule has 46 heavy (non-hydrogen) atoms. The van der Waals surface area contributed by atoms with Gasteiger partial charge in [0.25, 0.3) is 0 Å². The van der Waals surface area contributed by atoms with Crippen LogP contribution in [0.4, 0.5) is 36.6 Å². The van der Waals surface area contributed by atoms with Crippen LogP contribution in [0.25, 0.3) is 0 Å². The molecular formula is C28H30ClF3N12OS. The molecule has 0 unspecified atom stereocenters. The highest BCUT2D eigenvalue weighted by atomic mass is 35.5. The van der Waals surface area contributed by atoms with Crippen molar-refractivity contribution < 1.29 is 17.9 Å². The first-order valence-electron chi connectivity index (χ1n) is 14.7. The summed E-state index contributed by atoms with van der Waals surface area (Å²) in [6.07, 6.45) is 4.10. The maximum atomic E-state index is 13.2. The van der Waals surface area contributed by atoms with Gasteiger partial charge in [0, 0.05) is 54.9 Å². The molecule has 242 valence electrons. The fourth-order valence-corrected chi connectivity index (χ4v) is 7.14. The number of anilines is 4. The van der Waals surface area contributed by atoms with Crippen LogP contribution in [0, 0.1) is 5.41 Å². The molecule has 3 N–H and O–H groups in total. The van der Waals surface area contributed by atoms with Gasteiger partial charge >= 0.3 is 6.18 Å². The molecule has 0 amide bonds. The van der Waals surface area contributed by atoms with Crippen molar-refractivity contribution in [3.63, 3.8) is 0 Å². The largest absolute Gasteiger partial charge is 0.451 e. The summed E-state index contributed by atoms with van der Waals surface area (Å²) in [7, 11) is 0. The third kappa shape index (κ3) is 5.91. The topological polar surface area (TPSA) is 149 Å². The Labute approximate surface area is 271 Å². The predicted molar refractivity (Wildman–Crippen MR) is 164 cm³/mol. The van der Waals surface area contributed by atoms with E-state index in [0.29, 0.717) is 34.2 Å². The molecule has 0 saturated carbocycles. The van der Waals surface area contributed by atoms with E-state index in [-0.39, 0.29) is 43.0 Å². The van der Waals surface area contributed by atoms with Crippen molar-refractivity contribution in [2.24, 2.45) is 11.1 Å². The van der Waals surface area contributed by atoms with Crippen molar-refractivity contribution >= 4 is 46.8 Å². The monoisotopic (exact) mass is 674 g/mol. The number of rotatable bonds is 6. The van der Waals surface area contributed by atoms with E-state index in [0.717, 1.165) is 41.2 Å². The van der Waals surface area contributed by atoms with Gasteiger partial charge in [-0.2, -0.15) is 18.2 Å². The van der Waals surface area contributed by atoms with Gasteiger partial charge in [-0.05, 0) is 31.9 Å². The van der Waals surface area contributed by atoms with Crippen molar-refractivity contribution in [3.05, 3.63) is 53.6 Å². The van der Waals surface area contributed by atoms with Gasteiger partial charge in [0.15, 0.2) is 11.6 Å². The predicted octanol–water partition coefficient (Wildman–Crippen LogP) is 4.17. The number of halogens is 4. The van der Waals surface area contributed by atoms with Gasteiger partial charge in [0.1, 0.15) is 16.7 Å². The lowest BCUT2D eigenvalue weighted by Crippen LogP contribution is -2.50. The molecule has 0 radical (unpaired) electrons. The normalized spacial score (nSPS) is 21.1. The molecule has 3 aliphatic rings. The lowest BCUT2D eigenvalue weighted by molar-refractivity contribution is -0.147. The first kappa shape index (κ1) is 30.8. The van der Waals surface area contributed by atoms with Crippen LogP contribution in [0.5, 0.6) is 0 Å². The zero-order valence-electron chi connectivity index (χ0n) is 24.7. The number of hydrogen-bond donors (Lipinski definition) is 2. The smallest absolute Gasteiger partial charge is 0.376 e. The van der Waals surface area contributed by atoms with Gasteiger partial charge in [-0.25, -0.2) is 19.9 Å². The van der Waals surface area contributed by atoms with Crippen LogP contribution in [0.1, 0.15) is 31.4 Å². The highest BCUT2D eigenvalue weighted by Crippen LogP contribution is 2.42. The van der Waals surface area contributed by atoms with Crippen LogP contribution in [0.3, 0.4) is 0 Å². The minimum Gasteiger partial charge on any atom is -0.376 e. The van der Waals surface area contributed by atoms with E-state index < -0.39 is 12.0 Å². The van der Waals surface area contributed by atoms with Gasteiger partial charge in [0.05, 0.1) is 36.7 Å². The summed E-state index contributed by atoms with van der Waals surface area (Å²) in [5.41, 5.74) is 6.50. The minimum absolute atomic E-state index is 0.0379. The molecular weight excluding hydrogens is 645 g/mol. The average molecular weight is 675 g/mol. The van der Waals surface area contributed by atoms with Gasteiger partial charge in [0.2, 0.25) is 11.8 Å². The van der Waals surface area contributed by atoms with Crippen LogP contribution in [0.15, 0.2) is 46.8 Å². The number of fused-ring (bicyclic) bond motifs is 1. The van der Waals surface area contributed by atoms with Crippen molar-refractivity contribution in [2.75, 3.05) is 41.4 Å². The molecule has 13 nitrogen and oxygen atoms in total. The van der Waals surface area contributed by atoms with E-state index in [2.05, 4.69) is 45.3 Å². The summed E-state index contributed by atoms with van der Waals surface area (Å²) in [5, 5.41) is 11.2. The number of aromatic nitrogens is 8. The van der Waals surface area contributed by atoms with Crippen molar-refractivity contribution in [3.8, 4) is 0 Å². The average Bonchev–Trinajstić information content (AvgIpc) is 3.61. The summed E-state index contributed by atoms with van der Waals surface area (Å²) in [6, 6.07) is 3.49. The Morgan fingerprint density at radius 1 is 1.02 bits per heavy atom. The second-order valence-electron chi connectivity index (χ2n) is 11.6. The van der Waals surface area contributed by atoms with E-state index in [1.54, 1.807) is 41.8 Å². The number of hydrogen-bond acceptors (Lipinski definition) is 13. The van der Waals surface area contributed by atoms with Gasteiger partial charge in [-0.15, -0.1) is 10.2 Å². The Bertz CT molecular complexity index is 1720. The quantitative estimate of drug-likeness (QED) is 0.302. The summed E-state index contributed by atoms with van der Waals surface area (Å²) in [6.45, 7) is 4.84. The highest BCUT2D eigenvalue weighted by Gasteiger charge is 2.47. The highest BCUT2D eigenvalue weighted by molar-refractivity contribution is 7.99. The van der Waals surface area contributed by atoms with E-state index in [4.69, 9.17) is 22.1 Å². The molecule has 0 aromatic carbocycles. The molecule has 7 heterocycles. The zero-order valence-corrected chi connectivity index (χ0v) is 26.2. The standard InChI is InChI=1S/C28H30ClF3N12OS/c1-16-23(33)27(15-45-16)4-8-42(9-5-27)19-12-37-21(13-36-19)46-17-2-6-34-24(22(17)29)38-18-3-7-35-26(39-18)43-10-11-44-20(14-43)40-41-25(44)28(30,31)32/h2-3,6-7,12-13,16,23H,4-5,8-11,14-15,33H2,1H3,(H,34,35,38,39)/t16-,23+/m0/s1. The number of ether oxygens (including phenoxy) is 1. The lowest BCUT2D eigenvalue weighted by Gasteiger charge is -2.41. The van der Waals surface area contributed by atoms with E-state index in [1.807, 2.05) is 6.92 Å². The van der Waals surface area contributed by atoms with Crippen LogP contribution in [-0.2, 0) is 24.0 Å². The van der Waals surface area contributed by atoms with Gasteiger partial charge < -0.3 is 30.2 Å². The summed E-state index contributed by atoms with van der Waals surface area (Å²) < 4.78 is 46.6. The van der Waals surface area contributed by atoms with Gasteiger partial charge in [-0.3, -0.25) is 0 Å². The number of alkyl halides is 3. The molecule has 4 aromatic rings. The maximum Gasteiger partial charge on any atom is 0.451 e. The summed E-state index contributed by atoms with van der Waals surface area (Å²) >= 11 is 8.10. The van der Waals surface area contributed by atoms with E-state index >= 15 is 0 Å². The number of nitrogens with two attached hydrogens (primary N) is 1. The second kappa shape index (κ2) is 12.1. The lowest BCUT2D eigenvalue weighted by atomic mass is 9.73. The third-order valence-corrected chi connectivity index (χ3v) is 10.3. The Balaban J connectivity index is 0.993. The fraction of sp³-hybridized carbons (Fsp3) is 0.464. The summed E-state index contributed by atoms with van der Waals surface area (Å²) in [4.78, 5) is 27.2. The molecule has 0 bridgehead atoms. The molecule has 0 aliphatic carbocycles. The van der Waals surface area contributed by atoms with Gasteiger partial charge in [-0.1, -0.05) is 23.4 Å². The zero-order chi connectivity index (χ0) is 32.1. The van der Waals surface area contributed by atoms with Crippen LogP contribution in [0.2, 0.25) is 5.02 Å². The van der Waals surface area contributed by atoms with Crippen LogP contribution < -0.4 is 20.9 Å². The Morgan fingerprint density at radius 2 is 1.83 bits per heavy atom. The minimum atomic E-state index is -4.57. The maximum absolute atomic E-state index is 13.2. The third-order valence-electron chi connectivity index (χ3n) is 8.79. The first-order chi connectivity index (χ1) is 22.1. The van der Waals surface area contributed by atoms with E-state index in [1.165, 1.54) is 11.8 Å². The number of nitrogens with one attached hydrogen (secondary N) is 1. The first-order valence-corrected chi connectivity index (χ1v) is 15.9. The molecule has 4 aromatic heterocycles. The molecule has 3 aliphatic heterocycles. The molecule has 1 spiro atoms. The molecule has 2 saturated heterocycles. The SMILES string of the molecule is C[C@@H]1OCC2(CCN(c3cnc(Sc4ccnc(Nc5ccnc(N6CCn7c(nnc7C(F)(F)F)C6)n5)c4Cl)cn3)CC2)[C@@H]1N. The summed E-state index contributed by atoms with van der Waals surface area (Å²) in [5.74, 6) is 1.11. The number of piperidine rings is 1. The van der Waals surface area contributed by atoms with Crippen molar-refractivity contribution in [1.82, 2.24) is 39.7 Å². The molecule has 2 fully saturated rings.